The number of morpholine rings is 1. The van der Waals surface area contributed by atoms with E-state index in [2.05, 4.69) is 12.1 Å². The third kappa shape index (κ3) is 4.70. The van der Waals surface area contributed by atoms with E-state index in [0.717, 1.165) is 12.0 Å². The number of aliphatic carboxylic acids is 1. The number of hydrogen-bond acceptors (Lipinski definition) is 3. The number of carbonyl (C=O) groups excluding carboxylic acids is 1. The maximum Gasteiger partial charge on any atom is 0.334 e. The van der Waals surface area contributed by atoms with E-state index in [9.17, 15) is 9.59 Å². The van der Waals surface area contributed by atoms with Crippen molar-refractivity contribution in [3.8, 4) is 0 Å². The molecule has 0 radical (unpaired) electrons. The highest BCUT2D eigenvalue weighted by Gasteiger charge is 2.30. The monoisotopic (exact) mass is 353 g/mol. The van der Waals surface area contributed by atoms with Crippen LogP contribution in [0.25, 0.3) is 0 Å². The Morgan fingerprint density at radius 3 is 2.38 bits per heavy atom. The first-order valence-electron chi connectivity index (χ1n) is 8.84. The van der Waals surface area contributed by atoms with Gasteiger partial charge in [-0.2, -0.15) is 0 Å². The molecule has 0 aliphatic carbocycles. The number of amides is 1. The molecule has 0 saturated carbocycles. The van der Waals surface area contributed by atoms with Crippen molar-refractivity contribution in [2.24, 2.45) is 0 Å². The van der Waals surface area contributed by atoms with Crippen molar-refractivity contribution in [2.75, 3.05) is 19.7 Å². The zero-order chi connectivity index (χ0) is 18.4. The molecule has 3 rings (SSSR count). The Balaban J connectivity index is 1.72. The molecule has 5 nitrogen and oxygen atoms in total. The molecule has 2 aromatic rings. The molecule has 0 spiro atoms. The van der Waals surface area contributed by atoms with Crippen molar-refractivity contribution in [1.29, 1.82) is 0 Å². The van der Waals surface area contributed by atoms with E-state index in [-0.39, 0.29) is 25.0 Å². The van der Waals surface area contributed by atoms with Crippen molar-refractivity contribution >= 4 is 11.9 Å². The Labute approximate surface area is 153 Å². The average Bonchev–Trinajstić information content (AvgIpc) is 2.69. The second kappa shape index (κ2) is 8.63. The fourth-order valence-electron chi connectivity index (χ4n) is 3.30. The molecular weight excluding hydrogens is 330 g/mol. The number of nitrogens with zero attached hydrogens (tertiary/aromatic N) is 1. The minimum Gasteiger partial charge on any atom is -0.479 e. The van der Waals surface area contributed by atoms with Crippen molar-refractivity contribution in [3.63, 3.8) is 0 Å². The second-order valence-corrected chi connectivity index (χ2v) is 6.54. The van der Waals surface area contributed by atoms with Gasteiger partial charge in [-0.15, -0.1) is 0 Å². The summed E-state index contributed by atoms with van der Waals surface area (Å²) in [6, 6.07) is 20.1. The van der Waals surface area contributed by atoms with Crippen LogP contribution in [0.3, 0.4) is 0 Å². The molecule has 1 fully saturated rings. The Hall–Kier alpha value is -2.66. The summed E-state index contributed by atoms with van der Waals surface area (Å²) in [7, 11) is 0. The summed E-state index contributed by atoms with van der Waals surface area (Å²) in [6.45, 7) is 0.813. The Morgan fingerprint density at radius 1 is 1.08 bits per heavy atom. The van der Waals surface area contributed by atoms with Gasteiger partial charge in [0, 0.05) is 13.0 Å². The molecule has 1 aliphatic rings. The SMILES string of the molecule is O=C(O)C1CN(C(=O)CC(Cc2ccccc2)c2ccccc2)CCO1. The molecule has 1 amide bonds. The molecule has 2 atom stereocenters. The van der Waals surface area contributed by atoms with Gasteiger partial charge in [0.1, 0.15) is 0 Å². The number of carboxylic acid groups (broad SMARTS) is 1. The highest BCUT2D eigenvalue weighted by atomic mass is 16.5. The first-order chi connectivity index (χ1) is 12.6. The van der Waals surface area contributed by atoms with E-state index in [4.69, 9.17) is 9.84 Å². The lowest BCUT2D eigenvalue weighted by molar-refractivity contribution is -0.159. The van der Waals surface area contributed by atoms with Crippen LogP contribution < -0.4 is 0 Å². The summed E-state index contributed by atoms with van der Waals surface area (Å²) in [5.41, 5.74) is 2.30. The van der Waals surface area contributed by atoms with Crippen LogP contribution in [-0.4, -0.2) is 47.7 Å². The highest BCUT2D eigenvalue weighted by Crippen LogP contribution is 2.25. The van der Waals surface area contributed by atoms with Crippen molar-refractivity contribution < 1.29 is 19.4 Å². The predicted molar refractivity (Wildman–Crippen MR) is 97.9 cm³/mol. The van der Waals surface area contributed by atoms with Gasteiger partial charge in [-0.1, -0.05) is 60.7 Å². The van der Waals surface area contributed by atoms with Gasteiger partial charge in [0.05, 0.1) is 13.2 Å². The molecule has 0 bridgehead atoms. The number of benzene rings is 2. The smallest absolute Gasteiger partial charge is 0.334 e. The van der Waals surface area contributed by atoms with Gasteiger partial charge < -0.3 is 14.7 Å². The summed E-state index contributed by atoms with van der Waals surface area (Å²) in [5, 5.41) is 9.13. The largest absolute Gasteiger partial charge is 0.479 e. The van der Waals surface area contributed by atoms with Crippen LogP contribution in [-0.2, 0) is 20.7 Å². The maximum absolute atomic E-state index is 12.8. The van der Waals surface area contributed by atoms with Crippen LogP contribution in [0.4, 0.5) is 0 Å². The van der Waals surface area contributed by atoms with Crippen LogP contribution in [0, 0.1) is 0 Å². The molecular formula is C21H23NO4. The zero-order valence-electron chi connectivity index (χ0n) is 14.6. The van der Waals surface area contributed by atoms with Crippen LogP contribution in [0.15, 0.2) is 60.7 Å². The van der Waals surface area contributed by atoms with Gasteiger partial charge in [-0.25, -0.2) is 4.79 Å². The highest BCUT2D eigenvalue weighted by molar-refractivity contribution is 5.79. The third-order valence-corrected chi connectivity index (χ3v) is 4.71. The van der Waals surface area contributed by atoms with Gasteiger partial charge in [-0.3, -0.25) is 4.79 Å². The molecule has 136 valence electrons. The molecule has 1 aliphatic heterocycles. The summed E-state index contributed by atoms with van der Waals surface area (Å²) < 4.78 is 5.21. The second-order valence-electron chi connectivity index (χ2n) is 6.54. The minimum atomic E-state index is -1.02. The standard InChI is InChI=1S/C21H23NO4/c23-20(22-11-12-26-19(15-22)21(24)25)14-18(17-9-5-2-6-10-17)13-16-7-3-1-4-8-16/h1-10,18-19H,11-15H2,(H,24,25). The normalized spacial score (nSPS) is 18.3. The van der Waals surface area contributed by atoms with Crippen molar-refractivity contribution in [1.82, 2.24) is 4.90 Å². The lowest BCUT2D eigenvalue weighted by Gasteiger charge is -2.32. The number of ether oxygens (including phenoxy) is 1. The summed E-state index contributed by atoms with van der Waals surface area (Å²) in [5.74, 6) is -0.993. The van der Waals surface area contributed by atoms with Crippen LogP contribution in [0.2, 0.25) is 0 Å². The zero-order valence-corrected chi connectivity index (χ0v) is 14.6. The summed E-state index contributed by atoms with van der Waals surface area (Å²) >= 11 is 0. The molecule has 1 saturated heterocycles. The summed E-state index contributed by atoms with van der Waals surface area (Å²) in [4.78, 5) is 25.6. The quantitative estimate of drug-likeness (QED) is 0.867. The van der Waals surface area contributed by atoms with E-state index < -0.39 is 12.1 Å². The van der Waals surface area contributed by atoms with Gasteiger partial charge in [-0.05, 0) is 23.5 Å². The Bertz CT molecular complexity index is 732. The first kappa shape index (κ1) is 18.1. The molecule has 5 heteroatoms. The van der Waals surface area contributed by atoms with E-state index in [0.29, 0.717) is 13.0 Å². The topological polar surface area (TPSA) is 66.8 Å². The Kier molecular flexibility index (Phi) is 6.02. The van der Waals surface area contributed by atoms with E-state index in [1.807, 2.05) is 48.5 Å². The van der Waals surface area contributed by atoms with Gasteiger partial charge in [0.25, 0.3) is 0 Å². The van der Waals surface area contributed by atoms with Crippen molar-refractivity contribution in [2.45, 2.75) is 24.9 Å². The number of carboxylic acids is 1. The number of carbonyl (C=O) groups is 2. The van der Waals surface area contributed by atoms with Crippen LogP contribution in [0.1, 0.15) is 23.5 Å². The molecule has 2 unspecified atom stereocenters. The number of hydrogen-bond donors (Lipinski definition) is 1. The lowest BCUT2D eigenvalue weighted by atomic mass is 9.89. The van der Waals surface area contributed by atoms with Gasteiger partial charge in [0.15, 0.2) is 6.10 Å². The van der Waals surface area contributed by atoms with E-state index in [1.165, 1.54) is 5.56 Å². The minimum absolute atomic E-state index is 0.0238. The van der Waals surface area contributed by atoms with E-state index >= 15 is 0 Å². The van der Waals surface area contributed by atoms with E-state index in [1.54, 1.807) is 4.90 Å². The molecule has 0 aromatic heterocycles. The lowest BCUT2D eigenvalue weighted by Crippen LogP contribution is -2.48. The molecule has 26 heavy (non-hydrogen) atoms. The van der Waals surface area contributed by atoms with Gasteiger partial charge in [0.2, 0.25) is 5.91 Å². The molecule has 1 N–H and O–H groups in total. The number of rotatable bonds is 6. The fourth-order valence-corrected chi connectivity index (χ4v) is 3.30. The fraction of sp³-hybridized carbons (Fsp3) is 0.333. The molecule has 2 aromatic carbocycles. The predicted octanol–water partition coefficient (Wildman–Crippen LogP) is 2.72. The Morgan fingerprint density at radius 2 is 1.73 bits per heavy atom. The van der Waals surface area contributed by atoms with Crippen LogP contribution in [0.5, 0.6) is 0 Å². The third-order valence-electron chi connectivity index (χ3n) is 4.71. The first-order valence-corrected chi connectivity index (χ1v) is 8.84. The molecule has 1 heterocycles. The average molecular weight is 353 g/mol. The van der Waals surface area contributed by atoms with Gasteiger partial charge >= 0.3 is 5.97 Å². The van der Waals surface area contributed by atoms with Crippen LogP contribution >= 0.6 is 0 Å². The van der Waals surface area contributed by atoms with Crippen molar-refractivity contribution in [3.05, 3.63) is 71.8 Å². The maximum atomic E-state index is 12.8. The summed E-state index contributed by atoms with van der Waals surface area (Å²) in [6.07, 6.45) is 0.186.